The molecule has 0 aliphatic rings. The predicted octanol–water partition coefficient (Wildman–Crippen LogP) is 2.79. The molecular weight excluding hydrogens is 401 g/mol. The summed E-state index contributed by atoms with van der Waals surface area (Å²) in [4.78, 5) is 28.0. The van der Waals surface area contributed by atoms with Gasteiger partial charge in [0.25, 0.3) is 0 Å². The summed E-state index contributed by atoms with van der Waals surface area (Å²) in [6.45, 7) is 0.147. The average Bonchev–Trinajstić information content (AvgIpc) is 3.18. The molecule has 4 rings (SSSR count). The molecule has 0 spiro atoms. The lowest BCUT2D eigenvalue weighted by atomic mass is 10.2. The quantitative estimate of drug-likeness (QED) is 0.465. The van der Waals surface area contributed by atoms with Crippen molar-refractivity contribution >= 4 is 34.1 Å². The number of rotatable bonds is 6. The van der Waals surface area contributed by atoms with Crippen LogP contribution in [0.15, 0.2) is 49.2 Å². The standard InChI is InChI=1S/C21H16FN7O2/c1-3-20(30)28-18-9-16-14(10-24-18)21(26-12-25-16)27-13-4-5-17(15(22)8-13)31-11-19-23-6-7-29(19)2/h1,4-10,12H,11H2,2H3,(H,24,28,30)(H,25,26,27). The predicted molar refractivity (Wildman–Crippen MR) is 112 cm³/mol. The van der Waals surface area contributed by atoms with E-state index in [-0.39, 0.29) is 18.2 Å². The molecule has 10 heteroatoms. The average molecular weight is 417 g/mol. The van der Waals surface area contributed by atoms with Crippen LogP contribution >= 0.6 is 0 Å². The summed E-state index contributed by atoms with van der Waals surface area (Å²) in [6, 6.07) is 6.05. The van der Waals surface area contributed by atoms with E-state index >= 15 is 0 Å². The molecule has 3 aromatic heterocycles. The Morgan fingerprint density at radius 3 is 2.87 bits per heavy atom. The van der Waals surface area contributed by atoms with E-state index < -0.39 is 11.7 Å². The topological polar surface area (TPSA) is 107 Å². The third-order valence-electron chi connectivity index (χ3n) is 4.37. The van der Waals surface area contributed by atoms with Crippen molar-refractivity contribution in [3.8, 4) is 18.1 Å². The van der Waals surface area contributed by atoms with Crippen LogP contribution in [-0.2, 0) is 18.4 Å². The number of aryl methyl sites for hydroxylation is 1. The van der Waals surface area contributed by atoms with Crippen molar-refractivity contribution in [3.63, 3.8) is 0 Å². The SMILES string of the molecule is C#CC(=O)Nc1cc2ncnc(Nc3ccc(OCc4nccn4C)c(F)c3)c2cn1. The van der Waals surface area contributed by atoms with Crippen LogP contribution in [0.2, 0.25) is 0 Å². The van der Waals surface area contributed by atoms with Gasteiger partial charge in [-0.3, -0.25) is 10.1 Å². The van der Waals surface area contributed by atoms with Gasteiger partial charge in [0.2, 0.25) is 0 Å². The van der Waals surface area contributed by atoms with Gasteiger partial charge < -0.3 is 14.6 Å². The van der Waals surface area contributed by atoms with Crippen molar-refractivity contribution in [2.45, 2.75) is 6.61 Å². The van der Waals surface area contributed by atoms with E-state index in [9.17, 15) is 9.18 Å². The molecule has 0 saturated carbocycles. The summed E-state index contributed by atoms with van der Waals surface area (Å²) < 4.78 is 21.8. The van der Waals surface area contributed by atoms with E-state index in [1.54, 1.807) is 29.1 Å². The molecule has 0 aliphatic heterocycles. The summed E-state index contributed by atoms with van der Waals surface area (Å²) in [5.41, 5.74) is 0.988. The number of pyridine rings is 1. The van der Waals surface area contributed by atoms with E-state index in [1.807, 2.05) is 13.0 Å². The molecule has 2 N–H and O–H groups in total. The second-order valence-corrected chi connectivity index (χ2v) is 6.42. The molecule has 0 aliphatic carbocycles. The highest BCUT2D eigenvalue weighted by Crippen LogP contribution is 2.27. The Labute approximate surface area is 176 Å². The zero-order valence-electron chi connectivity index (χ0n) is 16.3. The minimum atomic E-state index is -0.611. The Morgan fingerprint density at radius 2 is 2.13 bits per heavy atom. The Balaban J connectivity index is 1.52. The maximum Gasteiger partial charge on any atom is 0.301 e. The van der Waals surface area contributed by atoms with Crippen molar-refractivity contribution in [2.75, 3.05) is 10.6 Å². The monoisotopic (exact) mass is 417 g/mol. The van der Waals surface area contributed by atoms with E-state index in [4.69, 9.17) is 11.2 Å². The first-order valence-corrected chi connectivity index (χ1v) is 9.07. The fraction of sp³-hybridized carbons (Fsp3) is 0.0952. The number of benzene rings is 1. The second kappa shape index (κ2) is 8.46. The number of fused-ring (bicyclic) bond motifs is 1. The minimum Gasteiger partial charge on any atom is -0.483 e. The number of amides is 1. The van der Waals surface area contributed by atoms with E-state index in [2.05, 4.69) is 30.6 Å². The third kappa shape index (κ3) is 4.40. The molecule has 0 unspecified atom stereocenters. The summed E-state index contributed by atoms with van der Waals surface area (Å²) >= 11 is 0. The summed E-state index contributed by atoms with van der Waals surface area (Å²) in [6.07, 6.45) is 11.3. The van der Waals surface area contributed by atoms with Gasteiger partial charge in [-0.25, -0.2) is 24.3 Å². The smallest absolute Gasteiger partial charge is 0.301 e. The summed E-state index contributed by atoms with van der Waals surface area (Å²) in [5, 5.41) is 6.08. The molecule has 4 aromatic rings. The molecule has 1 amide bonds. The van der Waals surface area contributed by atoms with Crippen molar-refractivity contribution in [2.24, 2.45) is 7.05 Å². The summed E-state index contributed by atoms with van der Waals surface area (Å²) in [5.74, 6) is 2.28. The summed E-state index contributed by atoms with van der Waals surface area (Å²) in [7, 11) is 1.84. The first kappa shape index (κ1) is 19.8. The van der Waals surface area contributed by atoms with Gasteiger partial charge in [-0.2, -0.15) is 0 Å². The highest BCUT2D eigenvalue weighted by atomic mass is 19.1. The van der Waals surface area contributed by atoms with Crippen molar-refractivity contribution in [3.05, 3.63) is 60.8 Å². The number of imidazole rings is 1. The lowest BCUT2D eigenvalue weighted by Gasteiger charge is -2.11. The van der Waals surface area contributed by atoms with E-state index in [1.165, 1.54) is 24.7 Å². The molecular formula is C21H16FN7O2. The van der Waals surface area contributed by atoms with Crippen molar-refractivity contribution in [1.82, 2.24) is 24.5 Å². The van der Waals surface area contributed by atoms with Crippen LogP contribution in [-0.4, -0.2) is 30.4 Å². The van der Waals surface area contributed by atoms with Gasteiger partial charge in [-0.05, 0) is 18.1 Å². The van der Waals surface area contributed by atoms with Crippen molar-refractivity contribution < 1.29 is 13.9 Å². The van der Waals surface area contributed by atoms with Gasteiger partial charge in [-0.1, -0.05) is 0 Å². The Bertz CT molecular complexity index is 1310. The van der Waals surface area contributed by atoms with Gasteiger partial charge in [0, 0.05) is 43.5 Å². The number of nitrogens with one attached hydrogen (secondary N) is 2. The largest absolute Gasteiger partial charge is 0.483 e. The molecule has 0 atom stereocenters. The fourth-order valence-electron chi connectivity index (χ4n) is 2.78. The zero-order chi connectivity index (χ0) is 21.8. The number of ether oxygens (including phenoxy) is 1. The fourth-order valence-corrected chi connectivity index (χ4v) is 2.78. The van der Waals surface area contributed by atoms with Crippen LogP contribution in [0.25, 0.3) is 10.9 Å². The number of hydrogen-bond acceptors (Lipinski definition) is 7. The maximum atomic E-state index is 14.5. The molecule has 0 bridgehead atoms. The van der Waals surface area contributed by atoms with Crippen LogP contribution in [0.5, 0.6) is 5.75 Å². The van der Waals surface area contributed by atoms with Crippen LogP contribution in [0, 0.1) is 18.2 Å². The highest BCUT2D eigenvalue weighted by molar-refractivity contribution is 6.04. The normalized spacial score (nSPS) is 10.5. The number of anilines is 3. The molecule has 0 fully saturated rings. The highest BCUT2D eigenvalue weighted by Gasteiger charge is 2.10. The van der Waals surface area contributed by atoms with Gasteiger partial charge in [0.05, 0.1) is 10.9 Å². The molecule has 154 valence electrons. The second-order valence-electron chi connectivity index (χ2n) is 6.42. The molecule has 1 aromatic carbocycles. The number of carbonyl (C=O) groups is 1. The first-order chi connectivity index (χ1) is 15.0. The molecule has 3 heterocycles. The van der Waals surface area contributed by atoms with E-state index in [0.29, 0.717) is 28.2 Å². The number of hydrogen-bond donors (Lipinski definition) is 2. The minimum absolute atomic E-state index is 0.108. The van der Waals surface area contributed by atoms with Crippen molar-refractivity contribution in [1.29, 1.82) is 0 Å². The maximum absolute atomic E-state index is 14.5. The lowest BCUT2D eigenvalue weighted by Crippen LogP contribution is -2.09. The Kier molecular flexibility index (Phi) is 5.40. The number of aromatic nitrogens is 5. The Morgan fingerprint density at radius 1 is 1.26 bits per heavy atom. The number of halogens is 1. The number of nitrogens with zero attached hydrogens (tertiary/aromatic N) is 5. The van der Waals surface area contributed by atoms with Crippen LogP contribution in [0.3, 0.4) is 0 Å². The van der Waals surface area contributed by atoms with Gasteiger partial charge in [0.15, 0.2) is 11.6 Å². The molecule has 31 heavy (non-hydrogen) atoms. The molecule has 0 saturated heterocycles. The Hall–Kier alpha value is -4.52. The van der Waals surface area contributed by atoms with E-state index in [0.717, 1.165) is 0 Å². The van der Waals surface area contributed by atoms with Crippen LogP contribution < -0.4 is 15.4 Å². The first-order valence-electron chi connectivity index (χ1n) is 9.07. The van der Waals surface area contributed by atoms with Crippen LogP contribution in [0.1, 0.15) is 5.82 Å². The van der Waals surface area contributed by atoms with Crippen LogP contribution in [0.4, 0.5) is 21.7 Å². The zero-order valence-corrected chi connectivity index (χ0v) is 16.3. The lowest BCUT2D eigenvalue weighted by molar-refractivity contribution is -0.111. The van der Waals surface area contributed by atoms with Gasteiger partial charge >= 0.3 is 5.91 Å². The molecule has 9 nitrogen and oxygen atoms in total. The van der Waals surface area contributed by atoms with Gasteiger partial charge in [-0.15, -0.1) is 6.42 Å². The molecule has 0 radical (unpaired) electrons. The van der Waals surface area contributed by atoms with Gasteiger partial charge in [0.1, 0.15) is 30.4 Å². The number of carbonyl (C=O) groups excluding carboxylic acids is 1. The number of terminal acetylenes is 1. The third-order valence-corrected chi connectivity index (χ3v) is 4.37.